The third kappa shape index (κ3) is 2.96. The molecule has 0 aliphatic carbocycles. The monoisotopic (exact) mass is 325 g/mol. The van der Waals surface area contributed by atoms with Crippen molar-refractivity contribution in [3.63, 3.8) is 0 Å². The molecule has 0 saturated heterocycles. The second-order valence-electron chi connectivity index (χ2n) is 4.82. The van der Waals surface area contributed by atoms with Crippen LogP contribution in [-0.2, 0) is 5.41 Å². The molecule has 0 fully saturated rings. The molecule has 0 bridgehead atoms. The maximum absolute atomic E-state index is 5.64. The van der Waals surface area contributed by atoms with Crippen molar-refractivity contribution in [1.82, 2.24) is 9.97 Å². The molecule has 0 spiro atoms. The Bertz CT molecular complexity index is 537. The summed E-state index contributed by atoms with van der Waals surface area (Å²) in [4.78, 5) is 10.2. The van der Waals surface area contributed by atoms with Gasteiger partial charge < -0.3 is 5.73 Å². The fourth-order valence-corrected chi connectivity index (χ4v) is 3.14. The summed E-state index contributed by atoms with van der Waals surface area (Å²) in [7, 11) is 0. The van der Waals surface area contributed by atoms with Crippen LogP contribution in [0.25, 0.3) is 10.6 Å². The molecule has 2 heterocycles. The van der Waals surface area contributed by atoms with Crippen LogP contribution in [-0.4, -0.2) is 16.5 Å². The van der Waals surface area contributed by atoms with E-state index < -0.39 is 0 Å². The van der Waals surface area contributed by atoms with Crippen molar-refractivity contribution in [2.45, 2.75) is 25.7 Å². The van der Waals surface area contributed by atoms with Gasteiger partial charge in [0, 0.05) is 21.5 Å². The van der Waals surface area contributed by atoms with Gasteiger partial charge in [0.1, 0.15) is 5.82 Å². The van der Waals surface area contributed by atoms with E-state index in [1.165, 1.54) is 0 Å². The Morgan fingerprint density at radius 1 is 1.44 bits per heavy atom. The number of rotatable bonds is 4. The molecule has 0 aliphatic rings. The molecule has 0 saturated carbocycles. The lowest BCUT2D eigenvalue weighted by Gasteiger charge is -2.22. The topological polar surface area (TPSA) is 51.8 Å². The average molecular weight is 326 g/mol. The molecule has 2 rings (SSSR count). The van der Waals surface area contributed by atoms with Gasteiger partial charge in [-0.1, -0.05) is 13.8 Å². The van der Waals surface area contributed by atoms with E-state index in [2.05, 4.69) is 51.2 Å². The van der Waals surface area contributed by atoms with Gasteiger partial charge in [-0.3, -0.25) is 0 Å². The lowest BCUT2D eigenvalue weighted by molar-refractivity contribution is 0.457. The quantitative estimate of drug-likeness (QED) is 0.934. The minimum absolute atomic E-state index is 0.0841. The van der Waals surface area contributed by atoms with E-state index in [0.717, 1.165) is 27.3 Å². The van der Waals surface area contributed by atoms with Crippen LogP contribution in [0.1, 0.15) is 26.1 Å². The molecule has 18 heavy (non-hydrogen) atoms. The average Bonchev–Trinajstić information content (AvgIpc) is 2.76. The third-order valence-corrected chi connectivity index (χ3v) is 4.56. The zero-order valence-electron chi connectivity index (χ0n) is 10.5. The maximum atomic E-state index is 5.64. The summed E-state index contributed by atoms with van der Waals surface area (Å²) < 4.78 is 1.09. The van der Waals surface area contributed by atoms with E-state index in [0.29, 0.717) is 6.54 Å². The van der Waals surface area contributed by atoms with Crippen LogP contribution in [0.4, 0.5) is 0 Å². The highest BCUT2D eigenvalue weighted by molar-refractivity contribution is 9.10. The van der Waals surface area contributed by atoms with E-state index >= 15 is 0 Å². The normalized spacial score (nSPS) is 11.8. The molecule has 2 aromatic rings. The lowest BCUT2D eigenvalue weighted by atomic mass is 9.88. The number of thiophene rings is 1. The summed E-state index contributed by atoms with van der Waals surface area (Å²) in [6, 6.07) is 4.02. The molecule has 0 unspecified atom stereocenters. The van der Waals surface area contributed by atoms with Crippen LogP contribution < -0.4 is 5.73 Å². The maximum Gasteiger partial charge on any atom is 0.134 e. The van der Waals surface area contributed by atoms with E-state index in [9.17, 15) is 0 Å². The predicted octanol–water partition coefficient (Wildman–Crippen LogP) is 3.59. The molecule has 96 valence electrons. The Balaban J connectivity index is 2.36. The van der Waals surface area contributed by atoms with E-state index in [1.54, 1.807) is 11.3 Å². The molecule has 0 radical (unpaired) electrons. The van der Waals surface area contributed by atoms with Crippen molar-refractivity contribution in [3.8, 4) is 10.6 Å². The molecule has 0 aliphatic heterocycles. The molecule has 2 aromatic heterocycles. The molecule has 0 aromatic carbocycles. The van der Waals surface area contributed by atoms with Gasteiger partial charge in [-0.15, -0.1) is 11.3 Å². The lowest BCUT2D eigenvalue weighted by Crippen LogP contribution is -2.24. The van der Waals surface area contributed by atoms with Crippen molar-refractivity contribution >= 4 is 27.3 Å². The van der Waals surface area contributed by atoms with E-state index in [4.69, 9.17) is 5.73 Å². The number of nitrogens with two attached hydrogens (primary N) is 1. The molecule has 5 heteroatoms. The van der Waals surface area contributed by atoms with Crippen LogP contribution in [0, 0.1) is 0 Å². The number of hydrogen-bond donors (Lipinski definition) is 1. The van der Waals surface area contributed by atoms with Gasteiger partial charge in [-0.05, 0) is 41.0 Å². The fourth-order valence-electron chi connectivity index (χ4n) is 1.74. The number of halogens is 1. The van der Waals surface area contributed by atoms with Gasteiger partial charge in [0.25, 0.3) is 0 Å². The highest BCUT2D eigenvalue weighted by atomic mass is 79.9. The molecule has 0 atom stereocenters. The van der Waals surface area contributed by atoms with Crippen LogP contribution in [0.15, 0.2) is 28.2 Å². The SMILES string of the molecule is CC(C)(CCN)c1nccc(-c2cc(Br)cs2)n1. The highest BCUT2D eigenvalue weighted by Crippen LogP contribution is 2.30. The first kappa shape index (κ1) is 13.6. The van der Waals surface area contributed by atoms with E-state index in [-0.39, 0.29) is 5.41 Å². The molecular formula is C13H16BrN3S. The number of aromatic nitrogens is 2. The number of nitrogens with zero attached hydrogens (tertiary/aromatic N) is 2. The Hall–Kier alpha value is -0.780. The van der Waals surface area contributed by atoms with Crippen molar-refractivity contribution < 1.29 is 0 Å². The van der Waals surface area contributed by atoms with Crippen molar-refractivity contribution in [2.24, 2.45) is 5.73 Å². The molecule has 2 N–H and O–H groups in total. The summed E-state index contributed by atoms with van der Waals surface area (Å²) in [5.74, 6) is 0.856. The Morgan fingerprint density at radius 2 is 2.22 bits per heavy atom. The summed E-state index contributed by atoms with van der Waals surface area (Å²) in [5.41, 5.74) is 6.53. The first-order valence-corrected chi connectivity index (χ1v) is 7.48. The van der Waals surface area contributed by atoms with Crippen molar-refractivity contribution in [3.05, 3.63) is 34.0 Å². The first-order chi connectivity index (χ1) is 8.53. The Labute approximate surface area is 120 Å². The highest BCUT2D eigenvalue weighted by Gasteiger charge is 2.23. The smallest absolute Gasteiger partial charge is 0.134 e. The second-order valence-corrected chi connectivity index (χ2v) is 6.64. The van der Waals surface area contributed by atoms with Gasteiger partial charge in [-0.25, -0.2) is 9.97 Å². The van der Waals surface area contributed by atoms with Gasteiger partial charge in [-0.2, -0.15) is 0 Å². The molecule has 0 amide bonds. The minimum atomic E-state index is -0.0841. The standard InChI is InChI=1S/C13H16BrN3S/c1-13(2,4-5-15)12-16-6-3-10(17-12)11-7-9(14)8-18-11/h3,6-8H,4-5,15H2,1-2H3. The Morgan fingerprint density at radius 3 is 2.83 bits per heavy atom. The second kappa shape index (κ2) is 5.47. The minimum Gasteiger partial charge on any atom is -0.330 e. The van der Waals surface area contributed by atoms with Gasteiger partial charge >= 0.3 is 0 Å². The molecular weight excluding hydrogens is 310 g/mol. The van der Waals surface area contributed by atoms with Crippen molar-refractivity contribution in [1.29, 1.82) is 0 Å². The van der Waals surface area contributed by atoms with Crippen LogP contribution in [0.3, 0.4) is 0 Å². The van der Waals surface area contributed by atoms with E-state index in [1.807, 2.05) is 12.3 Å². The zero-order valence-corrected chi connectivity index (χ0v) is 12.9. The van der Waals surface area contributed by atoms with Crippen LogP contribution >= 0.6 is 27.3 Å². The zero-order chi connectivity index (χ0) is 13.2. The summed E-state index contributed by atoms with van der Waals surface area (Å²) in [5, 5.41) is 2.06. The fraction of sp³-hybridized carbons (Fsp3) is 0.385. The third-order valence-electron chi connectivity index (χ3n) is 2.85. The van der Waals surface area contributed by atoms with Gasteiger partial charge in [0.2, 0.25) is 0 Å². The summed E-state index contributed by atoms with van der Waals surface area (Å²) >= 11 is 5.14. The Kier molecular flexibility index (Phi) is 4.14. The van der Waals surface area contributed by atoms with Gasteiger partial charge in [0.15, 0.2) is 0 Å². The van der Waals surface area contributed by atoms with Crippen molar-refractivity contribution in [2.75, 3.05) is 6.54 Å². The summed E-state index contributed by atoms with van der Waals surface area (Å²) in [6.07, 6.45) is 2.70. The first-order valence-electron chi connectivity index (χ1n) is 5.81. The largest absolute Gasteiger partial charge is 0.330 e. The van der Waals surface area contributed by atoms with Crippen LogP contribution in [0.5, 0.6) is 0 Å². The molecule has 3 nitrogen and oxygen atoms in total. The number of hydrogen-bond acceptors (Lipinski definition) is 4. The van der Waals surface area contributed by atoms with Crippen LogP contribution in [0.2, 0.25) is 0 Å². The van der Waals surface area contributed by atoms with Gasteiger partial charge in [0.05, 0.1) is 10.6 Å². The summed E-state index contributed by atoms with van der Waals surface area (Å²) in [6.45, 7) is 4.90. The predicted molar refractivity (Wildman–Crippen MR) is 79.7 cm³/mol.